The number of nitrogens with zero attached hydrogens (tertiary/aromatic N) is 4. The van der Waals surface area contributed by atoms with Crippen LogP contribution in [0.5, 0.6) is 0 Å². The van der Waals surface area contributed by atoms with Crippen molar-refractivity contribution in [2.45, 2.75) is 44.6 Å². The van der Waals surface area contributed by atoms with Crippen molar-refractivity contribution in [1.82, 2.24) is 15.1 Å². The van der Waals surface area contributed by atoms with Crippen LogP contribution in [0.15, 0.2) is 18.2 Å². The van der Waals surface area contributed by atoms with Crippen molar-refractivity contribution in [2.75, 3.05) is 56.6 Å². The Morgan fingerprint density at radius 1 is 1.09 bits per heavy atom. The summed E-state index contributed by atoms with van der Waals surface area (Å²) in [7, 11) is 3.38. The van der Waals surface area contributed by atoms with E-state index in [0.29, 0.717) is 37.2 Å². The van der Waals surface area contributed by atoms with Gasteiger partial charge in [-0.05, 0) is 50.3 Å². The second-order valence-electron chi connectivity index (χ2n) is 9.22. The Kier molecular flexibility index (Phi) is 6.85. The van der Waals surface area contributed by atoms with Gasteiger partial charge in [-0.2, -0.15) is 0 Å². The molecule has 9 nitrogen and oxygen atoms in total. The van der Waals surface area contributed by atoms with Gasteiger partial charge in [-0.1, -0.05) is 0 Å². The van der Waals surface area contributed by atoms with Gasteiger partial charge in [-0.25, -0.2) is 0 Å². The highest BCUT2D eigenvalue weighted by molar-refractivity contribution is 6.09. The van der Waals surface area contributed by atoms with E-state index in [1.165, 1.54) is 9.80 Å². The van der Waals surface area contributed by atoms with E-state index >= 15 is 0 Å². The maximum Gasteiger partial charge on any atom is 0.253 e. The van der Waals surface area contributed by atoms with E-state index < -0.39 is 0 Å². The molecule has 2 fully saturated rings. The first-order valence-electron chi connectivity index (χ1n) is 11.8. The summed E-state index contributed by atoms with van der Waals surface area (Å²) >= 11 is 0. The predicted octanol–water partition coefficient (Wildman–Crippen LogP) is 1.22. The van der Waals surface area contributed by atoms with Gasteiger partial charge in [-0.3, -0.25) is 24.1 Å². The number of rotatable bonds is 7. The lowest BCUT2D eigenvalue weighted by Crippen LogP contribution is -2.57. The van der Waals surface area contributed by atoms with E-state index in [9.17, 15) is 19.2 Å². The zero-order valence-corrected chi connectivity index (χ0v) is 19.5. The molecule has 0 aliphatic carbocycles. The molecule has 178 valence electrons. The summed E-state index contributed by atoms with van der Waals surface area (Å²) in [6.45, 7) is 2.58. The van der Waals surface area contributed by atoms with Gasteiger partial charge in [0.15, 0.2) is 0 Å². The molecule has 0 unspecified atom stereocenters. The van der Waals surface area contributed by atoms with E-state index in [1.54, 1.807) is 26.2 Å². The molecule has 0 saturated carbocycles. The van der Waals surface area contributed by atoms with Crippen LogP contribution in [-0.2, 0) is 14.4 Å². The number of amides is 4. The molecule has 0 spiro atoms. The predicted molar refractivity (Wildman–Crippen MR) is 125 cm³/mol. The van der Waals surface area contributed by atoms with Crippen LogP contribution in [0.1, 0.15) is 48.9 Å². The summed E-state index contributed by atoms with van der Waals surface area (Å²) in [6, 6.07) is 5.15. The number of likely N-dealkylation sites (tertiary alicyclic amines) is 1. The standard InChI is InChI=1S/C24H33N5O4/c1-26(2)23(32)17-9-10-18-20(15-17)29(24(33)19-7-3-4-14-28(18)19)16-21(30)25-11-6-13-27-12-5-8-22(27)31/h9-10,15,19H,3-8,11-14,16H2,1-2H3,(H,25,30)/t19-/m1/s1. The van der Waals surface area contributed by atoms with Crippen molar-refractivity contribution < 1.29 is 19.2 Å². The van der Waals surface area contributed by atoms with Gasteiger partial charge in [-0.15, -0.1) is 0 Å². The summed E-state index contributed by atoms with van der Waals surface area (Å²) < 4.78 is 0. The highest BCUT2D eigenvalue weighted by Gasteiger charge is 2.40. The normalized spacial score (nSPS) is 19.9. The Morgan fingerprint density at radius 3 is 2.64 bits per heavy atom. The van der Waals surface area contributed by atoms with Gasteiger partial charge in [0.25, 0.3) is 5.91 Å². The van der Waals surface area contributed by atoms with Crippen LogP contribution in [0.2, 0.25) is 0 Å². The molecule has 3 aliphatic rings. The molecule has 0 radical (unpaired) electrons. The number of nitrogens with one attached hydrogen (secondary N) is 1. The molecule has 2 saturated heterocycles. The Balaban J connectivity index is 1.47. The minimum atomic E-state index is -0.268. The van der Waals surface area contributed by atoms with Crippen molar-refractivity contribution in [3.63, 3.8) is 0 Å². The minimum absolute atomic E-state index is 0.0849. The largest absolute Gasteiger partial charge is 0.358 e. The second-order valence-corrected chi connectivity index (χ2v) is 9.22. The first-order chi connectivity index (χ1) is 15.9. The van der Waals surface area contributed by atoms with Crippen molar-refractivity contribution >= 4 is 35.0 Å². The number of carbonyl (C=O) groups is 4. The molecule has 4 amide bonds. The number of piperidine rings is 1. The Morgan fingerprint density at radius 2 is 1.91 bits per heavy atom. The first kappa shape index (κ1) is 23.1. The number of benzene rings is 1. The maximum absolute atomic E-state index is 13.4. The summed E-state index contributed by atoms with van der Waals surface area (Å²) in [5, 5.41) is 2.89. The lowest BCUT2D eigenvalue weighted by atomic mass is 9.95. The van der Waals surface area contributed by atoms with E-state index in [1.807, 2.05) is 11.0 Å². The van der Waals surface area contributed by atoms with Gasteiger partial charge < -0.3 is 20.0 Å². The van der Waals surface area contributed by atoms with Crippen molar-refractivity contribution in [1.29, 1.82) is 0 Å². The minimum Gasteiger partial charge on any atom is -0.358 e. The second kappa shape index (κ2) is 9.80. The first-order valence-corrected chi connectivity index (χ1v) is 11.8. The van der Waals surface area contributed by atoms with Crippen molar-refractivity contribution in [2.24, 2.45) is 0 Å². The zero-order valence-electron chi connectivity index (χ0n) is 19.5. The number of fused-ring (bicyclic) bond motifs is 3. The molecule has 33 heavy (non-hydrogen) atoms. The molecule has 0 bridgehead atoms. The maximum atomic E-state index is 13.4. The highest BCUT2D eigenvalue weighted by atomic mass is 16.2. The number of hydrogen-bond donors (Lipinski definition) is 1. The number of carbonyl (C=O) groups excluding carboxylic acids is 4. The molecular formula is C24H33N5O4. The van der Waals surface area contributed by atoms with E-state index in [2.05, 4.69) is 10.2 Å². The van der Waals surface area contributed by atoms with Gasteiger partial charge in [0.1, 0.15) is 12.6 Å². The van der Waals surface area contributed by atoms with Gasteiger partial charge in [0.05, 0.1) is 11.4 Å². The smallest absolute Gasteiger partial charge is 0.253 e. The molecule has 0 aromatic heterocycles. The van der Waals surface area contributed by atoms with Gasteiger partial charge in [0.2, 0.25) is 17.7 Å². The van der Waals surface area contributed by atoms with Crippen molar-refractivity contribution in [3.05, 3.63) is 23.8 Å². The summed E-state index contributed by atoms with van der Waals surface area (Å²) in [4.78, 5) is 57.3. The molecule has 1 N–H and O–H groups in total. The monoisotopic (exact) mass is 455 g/mol. The molecular weight excluding hydrogens is 422 g/mol. The Labute approximate surface area is 194 Å². The van der Waals surface area contributed by atoms with Crippen LogP contribution in [0.3, 0.4) is 0 Å². The molecule has 1 aromatic rings. The molecule has 1 atom stereocenters. The SMILES string of the molecule is CN(C)C(=O)c1ccc2c(c1)N(CC(=O)NCCCN1CCCC1=O)C(=O)[C@H]1CCCCN21. The molecule has 9 heteroatoms. The fraction of sp³-hybridized carbons (Fsp3) is 0.583. The van der Waals surface area contributed by atoms with Crippen molar-refractivity contribution in [3.8, 4) is 0 Å². The van der Waals surface area contributed by atoms with Gasteiger partial charge >= 0.3 is 0 Å². The molecule has 4 rings (SSSR count). The number of anilines is 2. The van der Waals surface area contributed by atoms with E-state index in [4.69, 9.17) is 0 Å². The molecule has 3 aliphatic heterocycles. The highest BCUT2D eigenvalue weighted by Crippen LogP contribution is 2.40. The third-order valence-electron chi connectivity index (χ3n) is 6.68. The number of hydrogen-bond acceptors (Lipinski definition) is 5. The summed E-state index contributed by atoms with van der Waals surface area (Å²) in [6.07, 6.45) is 4.95. The van der Waals surface area contributed by atoms with Gasteiger partial charge in [0, 0.05) is 52.3 Å². The molecule has 1 aromatic carbocycles. The summed E-state index contributed by atoms with van der Waals surface area (Å²) in [5.74, 6) is -0.297. The zero-order chi connectivity index (χ0) is 23.5. The van der Waals surface area contributed by atoms with Crippen LogP contribution in [0.25, 0.3) is 0 Å². The van der Waals surface area contributed by atoms with Crippen LogP contribution in [-0.4, -0.2) is 86.3 Å². The lowest BCUT2D eigenvalue weighted by molar-refractivity contribution is -0.127. The lowest BCUT2D eigenvalue weighted by Gasteiger charge is -2.45. The van der Waals surface area contributed by atoms with Crippen LogP contribution in [0.4, 0.5) is 11.4 Å². The Hall–Kier alpha value is -3.10. The topological polar surface area (TPSA) is 93.3 Å². The fourth-order valence-corrected chi connectivity index (χ4v) is 4.95. The summed E-state index contributed by atoms with van der Waals surface area (Å²) in [5.41, 5.74) is 2.00. The van der Waals surface area contributed by atoms with Crippen LogP contribution in [0, 0.1) is 0 Å². The fourth-order valence-electron chi connectivity index (χ4n) is 4.95. The Bertz CT molecular complexity index is 947. The van der Waals surface area contributed by atoms with Crippen LogP contribution >= 0.6 is 0 Å². The third-order valence-corrected chi connectivity index (χ3v) is 6.68. The average Bonchev–Trinajstić information content (AvgIpc) is 3.23. The van der Waals surface area contributed by atoms with E-state index in [-0.39, 0.29) is 36.2 Å². The third kappa shape index (κ3) is 4.82. The molecule has 3 heterocycles. The van der Waals surface area contributed by atoms with E-state index in [0.717, 1.165) is 44.5 Å². The quantitative estimate of drug-likeness (QED) is 0.624. The average molecular weight is 456 g/mol. The van der Waals surface area contributed by atoms with Crippen LogP contribution < -0.4 is 15.1 Å².